The molecule has 4 nitrogen and oxygen atoms in total. The summed E-state index contributed by atoms with van der Waals surface area (Å²) in [7, 11) is 0. The third-order valence-electron chi connectivity index (χ3n) is 3.55. The average molecular weight is 246 g/mol. The summed E-state index contributed by atoms with van der Waals surface area (Å²) in [6.45, 7) is 1.25. The molecule has 1 fully saturated rings. The first kappa shape index (κ1) is 11.5. The Labute approximate surface area is 106 Å². The third kappa shape index (κ3) is 2.34. The van der Waals surface area contributed by atoms with Crippen LogP contribution in [-0.4, -0.2) is 11.6 Å². The Hall–Kier alpha value is -1.55. The number of nitrogens with two attached hydrogens (primary N) is 1. The highest BCUT2D eigenvalue weighted by Crippen LogP contribution is 2.25. The van der Waals surface area contributed by atoms with E-state index in [0.29, 0.717) is 18.2 Å². The van der Waals surface area contributed by atoms with Crippen molar-refractivity contribution in [2.24, 2.45) is 5.92 Å². The van der Waals surface area contributed by atoms with Crippen molar-refractivity contribution in [1.29, 1.82) is 0 Å². The Morgan fingerprint density at radius 3 is 2.94 bits per heavy atom. The van der Waals surface area contributed by atoms with Gasteiger partial charge in [-0.1, -0.05) is 18.9 Å². The largest absolute Gasteiger partial charge is 0.438 e. The highest BCUT2D eigenvalue weighted by atomic mass is 16.5. The van der Waals surface area contributed by atoms with Crippen molar-refractivity contribution >= 4 is 16.8 Å². The number of fused-ring (bicyclic) bond motifs is 1. The lowest BCUT2D eigenvalue weighted by atomic mass is 10.1. The van der Waals surface area contributed by atoms with Crippen molar-refractivity contribution in [2.75, 3.05) is 12.3 Å². The van der Waals surface area contributed by atoms with E-state index in [1.54, 1.807) is 0 Å². The van der Waals surface area contributed by atoms with Gasteiger partial charge in [0.05, 0.1) is 12.3 Å². The van der Waals surface area contributed by atoms with Crippen molar-refractivity contribution in [2.45, 2.75) is 32.3 Å². The maximum absolute atomic E-state index is 5.83. The molecule has 18 heavy (non-hydrogen) atoms. The number of hydrogen-bond acceptors (Lipinski definition) is 4. The zero-order valence-electron chi connectivity index (χ0n) is 10.4. The number of nitrogens with zero attached hydrogens (tertiary/aromatic N) is 1. The van der Waals surface area contributed by atoms with Gasteiger partial charge >= 0.3 is 0 Å². The van der Waals surface area contributed by atoms with Crippen LogP contribution in [-0.2, 0) is 11.3 Å². The van der Waals surface area contributed by atoms with Gasteiger partial charge in [-0.2, -0.15) is 0 Å². The molecule has 0 atom stereocenters. The minimum atomic E-state index is 0.435. The first-order valence-corrected chi connectivity index (χ1v) is 6.54. The maximum atomic E-state index is 5.83. The number of hydrogen-bond donors (Lipinski definition) is 1. The van der Waals surface area contributed by atoms with Crippen LogP contribution in [0.25, 0.3) is 11.1 Å². The van der Waals surface area contributed by atoms with Crippen LogP contribution in [0, 0.1) is 5.92 Å². The zero-order valence-corrected chi connectivity index (χ0v) is 10.4. The average Bonchev–Trinajstić information content (AvgIpc) is 2.98. The van der Waals surface area contributed by atoms with Gasteiger partial charge in [0, 0.05) is 0 Å². The van der Waals surface area contributed by atoms with Gasteiger partial charge < -0.3 is 14.9 Å². The van der Waals surface area contributed by atoms with E-state index in [9.17, 15) is 0 Å². The van der Waals surface area contributed by atoms with E-state index in [4.69, 9.17) is 14.9 Å². The van der Waals surface area contributed by atoms with Crippen LogP contribution in [0.4, 0.5) is 5.69 Å². The normalized spacial score (nSPS) is 16.7. The number of benzene rings is 1. The molecule has 0 saturated heterocycles. The Balaban J connectivity index is 1.62. The van der Waals surface area contributed by atoms with Crippen molar-refractivity contribution in [1.82, 2.24) is 4.98 Å². The van der Waals surface area contributed by atoms with E-state index >= 15 is 0 Å². The van der Waals surface area contributed by atoms with Gasteiger partial charge in [0.25, 0.3) is 0 Å². The number of ether oxygens (including phenoxy) is 1. The lowest BCUT2D eigenvalue weighted by molar-refractivity contribution is 0.0752. The minimum absolute atomic E-state index is 0.435. The minimum Gasteiger partial charge on any atom is -0.438 e. The van der Waals surface area contributed by atoms with E-state index in [2.05, 4.69) is 4.98 Å². The molecule has 1 aromatic carbocycles. The van der Waals surface area contributed by atoms with Gasteiger partial charge in [0.15, 0.2) is 5.58 Å². The van der Waals surface area contributed by atoms with Gasteiger partial charge in [-0.3, -0.25) is 0 Å². The highest BCUT2D eigenvalue weighted by molar-refractivity contribution is 5.85. The summed E-state index contributed by atoms with van der Waals surface area (Å²) in [5, 5.41) is 0. The zero-order chi connectivity index (χ0) is 12.4. The van der Waals surface area contributed by atoms with Gasteiger partial charge in [-0.25, -0.2) is 4.98 Å². The molecule has 0 spiro atoms. The van der Waals surface area contributed by atoms with Crippen LogP contribution < -0.4 is 5.73 Å². The quantitative estimate of drug-likeness (QED) is 0.842. The molecular weight excluding hydrogens is 228 g/mol. The molecule has 0 unspecified atom stereocenters. The molecule has 96 valence electrons. The van der Waals surface area contributed by atoms with Gasteiger partial charge in [0.2, 0.25) is 5.89 Å². The second kappa shape index (κ2) is 4.98. The number of aromatic nitrogens is 1. The second-order valence-electron chi connectivity index (χ2n) is 4.97. The Bertz CT molecular complexity index is 530. The standard InChI is InChI=1S/C14H18N2O2/c15-11-6-3-7-12-14(11)16-13(18-12)9-17-8-10-4-1-2-5-10/h3,6-7,10H,1-2,4-5,8-9,15H2. The Morgan fingerprint density at radius 2 is 2.17 bits per heavy atom. The molecule has 1 aliphatic rings. The predicted octanol–water partition coefficient (Wildman–Crippen LogP) is 3.12. The molecular formula is C14H18N2O2. The van der Waals surface area contributed by atoms with Gasteiger partial charge in [-0.15, -0.1) is 0 Å². The summed E-state index contributed by atoms with van der Waals surface area (Å²) in [6.07, 6.45) is 5.27. The molecule has 1 aliphatic carbocycles. The molecule has 4 heteroatoms. The lowest BCUT2D eigenvalue weighted by Gasteiger charge is -2.07. The van der Waals surface area contributed by atoms with Crippen LogP contribution in [0.15, 0.2) is 22.6 Å². The molecule has 3 rings (SSSR count). The van der Waals surface area contributed by atoms with E-state index in [1.165, 1.54) is 25.7 Å². The van der Waals surface area contributed by atoms with Crippen molar-refractivity contribution in [3.8, 4) is 0 Å². The maximum Gasteiger partial charge on any atom is 0.221 e. The summed E-state index contributed by atoms with van der Waals surface area (Å²) in [5.41, 5.74) is 7.95. The SMILES string of the molecule is Nc1cccc2oc(COCC3CCCC3)nc12. The van der Waals surface area contributed by atoms with E-state index in [-0.39, 0.29) is 0 Å². The van der Waals surface area contributed by atoms with Crippen LogP contribution >= 0.6 is 0 Å². The lowest BCUT2D eigenvalue weighted by Crippen LogP contribution is -2.05. The molecule has 0 bridgehead atoms. The second-order valence-corrected chi connectivity index (χ2v) is 4.97. The van der Waals surface area contributed by atoms with E-state index in [0.717, 1.165) is 23.6 Å². The fourth-order valence-electron chi connectivity index (χ4n) is 2.57. The van der Waals surface area contributed by atoms with E-state index in [1.807, 2.05) is 18.2 Å². The molecule has 1 heterocycles. The molecule has 0 radical (unpaired) electrons. The summed E-state index contributed by atoms with van der Waals surface area (Å²) in [4.78, 5) is 4.36. The highest BCUT2D eigenvalue weighted by Gasteiger charge is 2.15. The Morgan fingerprint density at radius 1 is 1.33 bits per heavy atom. The number of nitrogen functional groups attached to an aromatic ring is 1. The monoisotopic (exact) mass is 246 g/mol. The number of rotatable bonds is 4. The van der Waals surface area contributed by atoms with Crippen LogP contribution in [0.5, 0.6) is 0 Å². The fourth-order valence-corrected chi connectivity index (χ4v) is 2.57. The van der Waals surface area contributed by atoms with Crippen molar-refractivity contribution in [3.05, 3.63) is 24.1 Å². The molecule has 2 aromatic rings. The summed E-state index contributed by atoms with van der Waals surface area (Å²) in [5.74, 6) is 1.33. The van der Waals surface area contributed by atoms with Crippen LogP contribution in [0.1, 0.15) is 31.6 Å². The van der Waals surface area contributed by atoms with Gasteiger partial charge in [0.1, 0.15) is 12.1 Å². The first-order valence-electron chi connectivity index (χ1n) is 6.54. The van der Waals surface area contributed by atoms with Crippen LogP contribution in [0.3, 0.4) is 0 Å². The number of anilines is 1. The topological polar surface area (TPSA) is 61.3 Å². The summed E-state index contributed by atoms with van der Waals surface area (Å²) in [6, 6.07) is 5.57. The molecule has 0 aliphatic heterocycles. The smallest absolute Gasteiger partial charge is 0.221 e. The third-order valence-corrected chi connectivity index (χ3v) is 3.55. The molecule has 1 saturated carbocycles. The number of oxazole rings is 1. The summed E-state index contributed by atoms with van der Waals surface area (Å²) < 4.78 is 11.3. The van der Waals surface area contributed by atoms with Crippen LogP contribution in [0.2, 0.25) is 0 Å². The fraction of sp³-hybridized carbons (Fsp3) is 0.500. The molecule has 0 amide bonds. The summed E-state index contributed by atoms with van der Waals surface area (Å²) >= 11 is 0. The first-order chi connectivity index (χ1) is 8.83. The molecule has 1 aromatic heterocycles. The molecule has 2 N–H and O–H groups in total. The Kier molecular flexibility index (Phi) is 3.19. The van der Waals surface area contributed by atoms with Crippen molar-refractivity contribution in [3.63, 3.8) is 0 Å². The van der Waals surface area contributed by atoms with E-state index < -0.39 is 0 Å². The van der Waals surface area contributed by atoms with Crippen molar-refractivity contribution < 1.29 is 9.15 Å². The van der Waals surface area contributed by atoms with Gasteiger partial charge in [-0.05, 0) is 30.9 Å². The number of para-hydroxylation sites is 1. The predicted molar refractivity (Wildman–Crippen MR) is 70.0 cm³/mol.